The lowest BCUT2D eigenvalue weighted by molar-refractivity contribution is -0.159. The summed E-state index contributed by atoms with van der Waals surface area (Å²) in [5, 5.41) is 18.0. The van der Waals surface area contributed by atoms with Crippen LogP contribution in [0.2, 0.25) is 0 Å². The van der Waals surface area contributed by atoms with Gasteiger partial charge in [0.1, 0.15) is 6.10 Å². The van der Waals surface area contributed by atoms with Gasteiger partial charge in [-0.05, 0) is 12.0 Å². The highest BCUT2D eigenvalue weighted by Crippen LogP contribution is 2.05. The Kier molecular flexibility index (Phi) is 4.62. The quantitative estimate of drug-likeness (QED) is 0.510. The van der Waals surface area contributed by atoms with Crippen molar-refractivity contribution >= 4 is 11.9 Å². The largest absolute Gasteiger partial charge is 0.383 e. The van der Waals surface area contributed by atoms with Crippen LogP contribution in [0.25, 0.3) is 0 Å². The van der Waals surface area contributed by atoms with E-state index in [1.165, 1.54) is 6.42 Å². The van der Waals surface area contributed by atoms with Crippen molar-refractivity contribution in [2.75, 3.05) is 0 Å². The van der Waals surface area contributed by atoms with Crippen LogP contribution in [0, 0.1) is 6.42 Å². The molecule has 0 aliphatic heterocycles. The topological polar surface area (TPSA) is 104 Å². The number of nitrogens with zero attached hydrogens (tertiary/aromatic N) is 1. The Morgan fingerprint density at radius 1 is 1.35 bits per heavy atom. The summed E-state index contributed by atoms with van der Waals surface area (Å²) in [5.74, 6) is -1.17. The number of nitrogens with two attached hydrogens (primary N) is 1. The molecule has 1 atom stereocenters. The van der Waals surface area contributed by atoms with Crippen LogP contribution in [0.15, 0.2) is 30.3 Å². The van der Waals surface area contributed by atoms with E-state index in [0.717, 1.165) is 5.56 Å². The van der Waals surface area contributed by atoms with E-state index >= 15 is 0 Å². The van der Waals surface area contributed by atoms with Crippen LogP contribution in [-0.2, 0) is 11.2 Å². The molecule has 1 rings (SSSR count). The van der Waals surface area contributed by atoms with Gasteiger partial charge in [0, 0.05) is 6.42 Å². The van der Waals surface area contributed by atoms with E-state index in [1.807, 2.05) is 30.3 Å². The molecule has 0 aliphatic rings. The van der Waals surface area contributed by atoms with Crippen LogP contribution in [0.1, 0.15) is 5.56 Å². The number of hydrogen-bond donors (Lipinski definition) is 3. The highest BCUT2D eigenvalue weighted by molar-refractivity contribution is 5.94. The first-order valence-electron chi connectivity index (χ1n) is 4.90. The molecule has 0 unspecified atom stereocenters. The van der Waals surface area contributed by atoms with Crippen LogP contribution in [0.4, 0.5) is 4.79 Å². The number of carbonyl (C=O) groups is 2. The summed E-state index contributed by atoms with van der Waals surface area (Å²) in [7, 11) is 0. The van der Waals surface area contributed by atoms with E-state index in [4.69, 9.17) is 5.21 Å². The Balaban J connectivity index is 2.47. The van der Waals surface area contributed by atoms with Crippen molar-refractivity contribution in [1.29, 1.82) is 0 Å². The molecule has 1 aromatic carbocycles. The number of rotatable bonds is 4. The fourth-order valence-corrected chi connectivity index (χ4v) is 1.20. The van der Waals surface area contributed by atoms with E-state index in [9.17, 15) is 14.7 Å². The number of imide groups is 1. The lowest BCUT2D eigenvalue weighted by Crippen LogP contribution is -2.44. The first-order valence-corrected chi connectivity index (χ1v) is 4.90. The normalized spacial score (nSPS) is 11.9. The number of carbonyl (C=O) groups excluding carboxylic acids is 2. The van der Waals surface area contributed by atoms with E-state index in [2.05, 4.69) is 5.73 Å². The molecule has 0 saturated carbocycles. The number of amides is 3. The number of hydroxylamine groups is 2. The molecule has 0 heterocycles. The summed E-state index contributed by atoms with van der Waals surface area (Å²) in [4.78, 5) is 21.7. The van der Waals surface area contributed by atoms with Crippen molar-refractivity contribution < 1.29 is 19.9 Å². The molecule has 1 aromatic rings. The second-order valence-corrected chi connectivity index (χ2v) is 3.36. The lowest BCUT2D eigenvalue weighted by Gasteiger charge is -2.14. The average molecular weight is 237 g/mol. The minimum Gasteiger partial charge on any atom is -0.383 e. The van der Waals surface area contributed by atoms with Crippen LogP contribution < -0.4 is 5.73 Å². The highest BCUT2D eigenvalue weighted by atomic mass is 16.5. The molecule has 17 heavy (non-hydrogen) atoms. The zero-order valence-corrected chi connectivity index (χ0v) is 8.98. The summed E-state index contributed by atoms with van der Waals surface area (Å²) in [6.45, 7) is 0. The Morgan fingerprint density at radius 2 is 1.94 bits per heavy atom. The molecule has 1 radical (unpaired) electrons. The fraction of sp³-hybridized carbons (Fsp3) is 0.182. The second-order valence-electron chi connectivity index (χ2n) is 3.36. The summed E-state index contributed by atoms with van der Waals surface area (Å²) in [6, 6.07) is 7.78. The maximum Gasteiger partial charge on any atom is 0.346 e. The van der Waals surface area contributed by atoms with Crippen molar-refractivity contribution in [2.45, 2.75) is 12.5 Å². The zero-order valence-electron chi connectivity index (χ0n) is 8.98. The van der Waals surface area contributed by atoms with Gasteiger partial charge in [0.25, 0.3) is 5.91 Å². The molecule has 0 bridgehead atoms. The second kappa shape index (κ2) is 5.97. The van der Waals surface area contributed by atoms with Gasteiger partial charge < -0.3 is 10.8 Å². The molecule has 91 valence electrons. The first kappa shape index (κ1) is 13.1. The van der Waals surface area contributed by atoms with Gasteiger partial charge in [-0.3, -0.25) is 10.0 Å². The molecule has 3 amide bonds. The van der Waals surface area contributed by atoms with Gasteiger partial charge in [0.05, 0.1) is 0 Å². The number of aliphatic hydroxyl groups excluding tert-OH is 1. The lowest BCUT2D eigenvalue weighted by atomic mass is 10.1. The number of aliphatic hydroxyl groups is 1. The van der Waals surface area contributed by atoms with Crippen LogP contribution >= 0.6 is 0 Å². The molecule has 0 aromatic heterocycles. The summed E-state index contributed by atoms with van der Waals surface area (Å²) >= 11 is 0. The maximum atomic E-state index is 11.2. The van der Waals surface area contributed by atoms with Gasteiger partial charge in [0.15, 0.2) is 0 Å². The van der Waals surface area contributed by atoms with Gasteiger partial charge in [-0.1, -0.05) is 30.3 Å². The molecule has 0 aliphatic carbocycles. The van der Waals surface area contributed by atoms with Crippen LogP contribution in [0.5, 0.6) is 0 Å². The number of primary amides is 1. The van der Waals surface area contributed by atoms with Crippen molar-refractivity contribution in [1.82, 2.24) is 5.06 Å². The molecule has 4 N–H and O–H groups in total. The summed E-state index contributed by atoms with van der Waals surface area (Å²) in [6.07, 6.45) is 0.0252. The van der Waals surface area contributed by atoms with Gasteiger partial charge in [-0.25, -0.2) is 4.79 Å². The number of hydrogen-bond acceptors (Lipinski definition) is 4. The SMILES string of the molecule is NC(=O)N(O)C(=O)[C@@H](O)[CH]Cc1ccccc1. The maximum absolute atomic E-state index is 11.2. The monoisotopic (exact) mass is 237 g/mol. The number of urea groups is 1. The molecular formula is C11H13N2O4. The predicted octanol–water partition coefficient (Wildman–Crippen LogP) is 0.0908. The van der Waals surface area contributed by atoms with Crippen LogP contribution in [-0.4, -0.2) is 33.4 Å². The fourth-order valence-electron chi connectivity index (χ4n) is 1.20. The third-order valence-electron chi connectivity index (χ3n) is 2.09. The Hall–Kier alpha value is -1.92. The summed E-state index contributed by atoms with van der Waals surface area (Å²) < 4.78 is 0. The highest BCUT2D eigenvalue weighted by Gasteiger charge is 2.24. The van der Waals surface area contributed by atoms with Crippen LogP contribution in [0.3, 0.4) is 0 Å². The van der Waals surface area contributed by atoms with E-state index < -0.39 is 18.0 Å². The van der Waals surface area contributed by atoms with Gasteiger partial charge in [-0.2, -0.15) is 0 Å². The Labute approximate surface area is 98.2 Å². The zero-order chi connectivity index (χ0) is 12.8. The molecule has 6 heteroatoms. The van der Waals surface area contributed by atoms with Crippen molar-refractivity contribution in [3.8, 4) is 0 Å². The smallest absolute Gasteiger partial charge is 0.346 e. The standard InChI is InChI=1S/C11H13N2O4/c12-11(16)13(17)10(15)9(14)7-6-8-4-2-1-3-5-8/h1-5,7,9,14,17H,6H2,(H2,12,16)/t9-/m0/s1. The Bertz CT molecular complexity index is 394. The van der Waals surface area contributed by atoms with Crippen molar-refractivity contribution in [3.05, 3.63) is 42.3 Å². The molecular weight excluding hydrogens is 224 g/mol. The summed E-state index contributed by atoms with van der Waals surface area (Å²) in [5.41, 5.74) is 5.56. The molecule has 0 spiro atoms. The third-order valence-corrected chi connectivity index (χ3v) is 2.09. The molecule has 0 saturated heterocycles. The average Bonchev–Trinajstić information content (AvgIpc) is 2.35. The number of benzene rings is 1. The third kappa shape index (κ3) is 3.86. The van der Waals surface area contributed by atoms with E-state index in [-0.39, 0.29) is 5.06 Å². The van der Waals surface area contributed by atoms with Crippen molar-refractivity contribution in [2.24, 2.45) is 5.73 Å². The minimum atomic E-state index is -1.58. The molecule has 6 nitrogen and oxygen atoms in total. The Morgan fingerprint density at radius 3 is 2.47 bits per heavy atom. The predicted molar refractivity (Wildman–Crippen MR) is 58.7 cm³/mol. The van der Waals surface area contributed by atoms with Gasteiger partial charge in [-0.15, -0.1) is 5.06 Å². The van der Waals surface area contributed by atoms with E-state index in [0.29, 0.717) is 6.42 Å². The van der Waals surface area contributed by atoms with E-state index in [1.54, 1.807) is 0 Å². The minimum absolute atomic E-state index is 0.313. The molecule has 0 fully saturated rings. The van der Waals surface area contributed by atoms with Gasteiger partial charge >= 0.3 is 6.03 Å². The van der Waals surface area contributed by atoms with Crippen molar-refractivity contribution in [3.63, 3.8) is 0 Å². The first-order chi connectivity index (χ1) is 8.02. The van der Waals surface area contributed by atoms with Gasteiger partial charge in [0.2, 0.25) is 0 Å².